The maximum Gasteiger partial charge on any atom is 0.321 e. The summed E-state index contributed by atoms with van der Waals surface area (Å²) in [7, 11) is 3.27. The van der Waals surface area contributed by atoms with Crippen LogP contribution in [0.3, 0.4) is 0 Å². The Morgan fingerprint density at radius 2 is 1.96 bits per heavy atom. The molecule has 1 aliphatic heterocycles. The van der Waals surface area contributed by atoms with Crippen molar-refractivity contribution < 1.29 is 23.1 Å². The number of aromatic nitrogens is 1. The Balaban J connectivity index is 1.63. The van der Waals surface area contributed by atoms with Gasteiger partial charge >= 0.3 is 6.03 Å². The number of nitrogens with one attached hydrogen (secondary N) is 1. The minimum absolute atomic E-state index is 0.0375. The van der Waals surface area contributed by atoms with Gasteiger partial charge in [-0.2, -0.15) is 0 Å². The second-order valence-corrected chi connectivity index (χ2v) is 6.62. The van der Waals surface area contributed by atoms with E-state index in [0.29, 0.717) is 18.5 Å². The van der Waals surface area contributed by atoms with Crippen molar-refractivity contribution in [2.45, 2.75) is 12.5 Å². The predicted octanol–water partition coefficient (Wildman–Crippen LogP) is 2.75. The molecule has 3 amide bonds. The van der Waals surface area contributed by atoms with Crippen molar-refractivity contribution in [2.75, 3.05) is 32.5 Å². The van der Waals surface area contributed by atoms with Crippen molar-refractivity contribution >= 4 is 17.6 Å². The van der Waals surface area contributed by atoms with Gasteiger partial charge in [-0.3, -0.25) is 4.79 Å². The first kappa shape index (κ1) is 19.5. The highest BCUT2D eigenvalue weighted by Crippen LogP contribution is 2.22. The number of rotatable bonds is 4. The molecule has 148 valence electrons. The first-order chi connectivity index (χ1) is 13.3. The third-order valence-electron chi connectivity index (χ3n) is 4.23. The van der Waals surface area contributed by atoms with Crippen LogP contribution >= 0.6 is 0 Å². The minimum Gasteiger partial charge on any atom is -0.472 e. The monoisotopic (exact) mass is 390 g/mol. The van der Waals surface area contributed by atoms with E-state index in [1.807, 2.05) is 0 Å². The first-order valence-electron chi connectivity index (χ1n) is 8.69. The molecule has 1 atom stereocenters. The molecule has 0 saturated carbocycles. The highest BCUT2D eigenvalue weighted by Gasteiger charge is 2.29. The van der Waals surface area contributed by atoms with Crippen molar-refractivity contribution in [3.8, 4) is 5.88 Å². The lowest BCUT2D eigenvalue weighted by molar-refractivity contribution is 0.0818. The van der Waals surface area contributed by atoms with Crippen LogP contribution in [0.15, 0.2) is 36.5 Å². The third-order valence-corrected chi connectivity index (χ3v) is 4.23. The summed E-state index contributed by atoms with van der Waals surface area (Å²) in [5.41, 5.74) is 0.376. The summed E-state index contributed by atoms with van der Waals surface area (Å²) in [5.74, 6) is -1.57. The van der Waals surface area contributed by atoms with Crippen molar-refractivity contribution in [1.82, 2.24) is 14.8 Å². The van der Waals surface area contributed by atoms with Crippen LogP contribution in [0, 0.1) is 11.6 Å². The summed E-state index contributed by atoms with van der Waals surface area (Å²) < 4.78 is 32.4. The summed E-state index contributed by atoms with van der Waals surface area (Å²) in [6.45, 7) is 0.661. The minimum atomic E-state index is -0.772. The summed E-state index contributed by atoms with van der Waals surface area (Å²) >= 11 is 0. The highest BCUT2D eigenvalue weighted by molar-refractivity contribution is 5.96. The second kappa shape index (κ2) is 8.20. The van der Waals surface area contributed by atoms with Crippen LogP contribution in [0.1, 0.15) is 16.8 Å². The maximum atomic E-state index is 13.3. The molecule has 7 nitrogen and oxygen atoms in total. The molecule has 1 aromatic carbocycles. The number of pyridine rings is 1. The quantitative estimate of drug-likeness (QED) is 0.871. The van der Waals surface area contributed by atoms with E-state index in [1.165, 1.54) is 16.0 Å². The number of hydrogen-bond acceptors (Lipinski definition) is 4. The van der Waals surface area contributed by atoms with Crippen LogP contribution in [-0.2, 0) is 0 Å². The molecule has 1 aromatic heterocycles. The van der Waals surface area contributed by atoms with E-state index in [-0.39, 0.29) is 30.1 Å². The Bertz CT molecular complexity index is 871. The van der Waals surface area contributed by atoms with Crippen LogP contribution in [0.4, 0.5) is 19.3 Å². The molecule has 0 spiro atoms. The molecule has 2 aromatic rings. The molecular weight excluding hydrogens is 370 g/mol. The van der Waals surface area contributed by atoms with Gasteiger partial charge in [-0.1, -0.05) is 0 Å². The van der Waals surface area contributed by atoms with Gasteiger partial charge in [-0.25, -0.2) is 18.6 Å². The molecule has 1 unspecified atom stereocenters. The van der Waals surface area contributed by atoms with Gasteiger partial charge in [0.05, 0.1) is 6.54 Å². The van der Waals surface area contributed by atoms with E-state index in [9.17, 15) is 18.4 Å². The van der Waals surface area contributed by atoms with Gasteiger partial charge in [0.1, 0.15) is 23.3 Å². The first-order valence-corrected chi connectivity index (χ1v) is 8.69. The molecule has 0 aliphatic carbocycles. The number of nitrogens with zero attached hydrogens (tertiary/aromatic N) is 3. The van der Waals surface area contributed by atoms with Gasteiger partial charge in [-0.15, -0.1) is 0 Å². The molecule has 28 heavy (non-hydrogen) atoms. The topological polar surface area (TPSA) is 74.8 Å². The van der Waals surface area contributed by atoms with Crippen molar-refractivity contribution in [3.05, 3.63) is 53.7 Å². The Morgan fingerprint density at radius 1 is 1.25 bits per heavy atom. The molecule has 1 aliphatic rings. The Hall–Kier alpha value is -3.23. The Labute approximate surface area is 160 Å². The van der Waals surface area contributed by atoms with E-state index in [0.717, 1.165) is 18.2 Å². The second-order valence-electron chi connectivity index (χ2n) is 6.62. The van der Waals surface area contributed by atoms with Crippen molar-refractivity contribution in [2.24, 2.45) is 0 Å². The number of carbonyl (C=O) groups excluding carboxylic acids is 2. The van der Waals surface area contributed by atoms with Crippen molar-refractivity contribution in [3.63, 3.8) is 0 Å². The fraction of sp³-hybridized carbons (Fsp3) is 0.316. The van der Waals surface area contributed by atoms with E-state index >= 15 is 0 Å². The normalized spacial score (nSPS) is 16.0. The zero-order valence-corrected chi connectivity index (χ0v) is 15.5. The Kier molecular flexibility index (Phi) is 5.72. The van der Waals surface area contributed by atoms with Crippen molar-refractivity contribution in [1.29, 1.82) is 0 Å². The Morgan fingerprint density at radius 3 is 2.64 bits per heavy atom. The number of benzene rings is 1. The van der Waals surface area contributed by atoms with Crippen LogP contribution < -0.4 is 10.1 Å². The molecule has 0 radical (unpaired) electrons. The number of halogens is 2. The number of amides is 3. The average molecular weight is 390 g/mol. The van der Waals surface area contributed by atoms with Crippen LogP contribution in [0.2, 0.25) is 0 Å². The predicted molar refractivity (Wildman–Crippen MR) is 98.2 cm³/mol. The van der Waals surface area contributed by atoms with Crippen LogP contribution in [0.25, 0.3) is 0 Å². The van der Waals surface area contributed by atoms with E-state index in [2.05, 4.69) is 10.3 Å². The van der Waals surface area contributed by atoms with Gasteiger partial charge in [-0.05, 0) is 24.3 Å². The summed E-state index contributed by atoms with van der Waals surface area (Å²) in [4.78, 5) is 31.6. The van der Waals surface area contributed by atoms with Gasteiger partial charge in [0.25, 0.3) is 5.91 Å². The summed E-state index contributed by atoms with van der Waals surface area (Å²) in [6, 6.07) is 5.60. The van der Waals surface area contributed by atoms with E-state index < -0.39 is 17.7 Å². The highest BCUT2D eigenvalue weighted by atomic mass is 19.1. The maximum absolute atomic E-state index is 13.3. The number of ether oxygens (including phenoxy) is 1. The van der Waals surface area contributed by atoms with Crippen LogP contribution in [0.5, 0.6) is 5.88 Å². The smallest absolute Gasteiger partial charge is 0.321 e. The molecule has 3 rings (SSSR count). The molecule has 1 saturated heterocycles. The van der Waals surface area contributed by atoms with Gasteiger partial charge < -0.3 is 19.9 Å². The molecular formula is C19H20F2N4O3. The lowest BCUT2D eigenvalue weighted by Gasteiger charge is -2.19. The summed E-state index contributed by atoms with van der Waals surface area (Å²) in [5, 5.41) is 2.47. The molecule has 1 N–H and O–H groups in total. The van der Waals surface area contributed by atoms with Crippen LogP contribution in [-0.4, -0.2) is 60.0 Å². The van der Waals surface area contributed by atoms with Gasteiger partial charge in [0, 0.05) is 45.0 Å². The number of carbonyl (C=O) groups is 2. The molecule has 0 bridgehead atoms. The lowest BCUT2D eigenvalue weighted by Crippen LogP contribution is -2.34. The van der Waals surface area contributed by atoms with E-state index in [4.69, 9.17) is 4.74 Å². The largest absolute Gasteiger partial charge is 0.472 e. The summed E-state index contributed by atoms with van der Waals surface area (Å²) in [6.07, 6.45) is 1.72. The zero-order chi connectivity index (χ0) is 20.3. The van der Waals surface area contributed by atoms with Gasteiger partial charge in [0.15, 0.2) is 0 Å². The number of urea groups is 1. The fourth-order valence-electron chi connectivity index (χ4n) is 2.88. The average Bonchev–Trinajstić information content (AvgIpc) is 3.09. The van der Waals surface area contributed by atoms with E-state index in [1.54, 1.807) is 26.2 Å². The standard InChI is InChI=1S/C19H20F2N4O3/c1-24(2)18(26)16-4-3-6-22-17(16)28-15-5-7-25(11-15)19(27)23-14-9-12(20)8-13(21)10-14/h3-4,6,8-10,15H,5,7,11H2,1-2H3,(H,23,27). The third kappa shape index (κ3) is 4.54. The zero-order valence-electron chi connectivity index (χ0n) is 15.5. The fourth-order valence-corrected chi connectivity index (χ4v) is 2.88. The number of likely N-dealkylation sites (tertiary alicyclic amines) is 1. The number of hydrogen-bond donors (Lipinski definition) is 1. The van der Waals surface area contributed by atoms with Gasteiger partial charge in [0.2, 0.25) is 5.88 Å². The SMILES string of the molecule is CN(C)C(=O)c1cccnc1OC1CCN(C(=O)Nc2cc(F)cc(F)c2)C1. The molecule has 1 fully saturated rings. The molecule has 2 heterocycles. The molecule has 9 heteroatoms. The number of anilines is 1. The lowest BCUT2D eigenvalue weighted by atomic mass is 10.2.